The Morgan fingerprint density at radius 1 is 1.06 bits per heavy atom. The number of carbonyl (C=O) groups excluding carboxylic acids is 2. The van der Waals surface area contributed by atoms with Gasteiger partial charge in [-0.2, -0.15) is 13.2 Å². The Balaban J connectivity index is 1.82. The molecule has 3 aromatic rings. The number of rotatable bonds is 7. The lowest BCUT2D eigenvalue weighted by Crippen LogP contribution is -2.25. The van der Waals surface area contributed by atoms with Crippen molar-refractivity contribution >= 4 is 35.2 Å². The predicted octanol–water partition coefficient (Wildman–Crippen LogP) is 6.01. The maximum absolute atomic E-state index is 13.1. The van der Waals surface area contributed by atoms with E-state index in [0.717, 1.165) is 18.2 Å². The lowest BCUT2D eigenvalue weighted by molar-refractivity contribution is -0.149. The van der Waals surface area contributed by atoms with E-state index in [-0.39, 0.29) is 22.2 Å². The second-order valence-electron chi connectivity index (χ2n) is 7.17. The van der Waals surface area contributed by atoms with Crippen molar-refractivity contribution in [3.63, 3.8) is 0 Å². The number of ether oxygens (including phenoxy) is 2. The first-order valence-corrected chi connectivity index (χ1v) is 10.4. The number of carbonyl (C=O) groups is 2. The summed E-state index contributed by atoms with van der Waals surface area (Å²) in [7, 11) is 1.37. The molecule has 182 valence electrons. The van der Waals surface area contributed by atoms with Crippen LogP contribution in [0.25, 0.3) is 6.08 Å². The fourth-order valence-electron chi connectivity index (χ4n) is 3.01. The number of phenols is 1. The third-order valence-corrected chi connectivity index (χ3v) is 5.07. The third kappa shape index (κ3) is 6.77. The maximum atomic E-state index is 13.1. The molecular weight excluding hydrogens is 487 g/mol. The van der Waals surface area contributed by atoms with Crippen LogP contribution in [-0.4, -0.2) is 24.1 Å². The molecule has 0 heterocycles. The molecule has 0 fully saturated rings. The quantitative estimate of drug-likeness (QED) is 0.303. The van der Waals surface area contributed by atoms with Gasteiger partial charge in [-0.3, -0.25) is 4.79 Å². The van der Waals surface area contributed by atoms with Crippen LogP contribution in [0.15, 0.2) is 72.8 Å². The molecule has 1 amide bonds. The summed E-state index contributed by atoms with van der Waals surface area (Å²) in [6.45, 7) is 0. The highest BCUT2D eigenvalue weighted by Gasteiger charge is 2.32. The highest BCUT2D eigenvalue weighted by molar-refractivity contribution is 6.33. The van der Waals surface area contributed by atoms with Gasteiger partial charge in [-0.15, -0.1) is 0 Å². The third-order valence-electron chi connectivity index (χ3n) is 4.74. The number of anilines is 1. The first-order valence-electron chi connectivity index (χ1n) is 10.1. The van der Waals surface area contributed by atoms with Gasteiger partial charge in [-0.1, -0.05) is 48.0 Å². The van der Waals surface area contributed by atoms with E-state index in [1.54, 1.807) is 18.2 Å². The molecule has 0 aliphatic carbocycles. The lowest BCUT2D eigenvalue weighted by Gasteiger charge is -2.18. The topological polar surface area (TPSA) is 84.9 Å². The molecule has 0 saturated carbocycles. The fraction of sp³-hybridized carbons (Fsp3) is 0.120. The van der Waals surface area contributed by atoms with Gasteiger partial charge in [-0.05, 0) is 42.0 Å². The van der Waals surface area contributed by atoms with Gasteiger partial charge < -0.3 is 19.9 Å². The summed E-state index contributed by atoms with van der Waals surface area (Å²) in [4.78, 5) is 25.4. The molecule has 3 aromatic carbocycles. The average Bonchev–Trinajstić information content (AvgIpc) is 2.83. The second-order valence-corrected chi connectivity index (χ2v) is 7.58. The fourth-order valence-corrected chi connectivity index (χ4v) is 3.18. The number of methoxy groups -OCH3 is 1. The molecule has 1 atom stereocenters. The van der Waals surface area contributed by atoms with Gasteiger partial charge in [0.25, 0.3) is 5.91 Å². The van der Waals surface area contributed by atoms with Crippen LogP contribution >= 0.6 is 11.6 Å². The SMILES string of the molecule is COc1cc(/C=C/C(=O)OC(C(=O)Nc2cc(C(F)(F)F)ccc2Cl)c2ccccc2)ccc1O. The van der Waals surface area contributed by atoms with E-state index < -0.39 is 29.7 Å². The summed E-state index contributed by atoms with van der Waals surface area (Å²) >= 11 is 5.97. The number of aromatic hydroxyl groups is 1. The number of nitrogens with one attached hydrogen (secondary N) is 1. The van der Waals surface area contributed by atoms with Gasteiger partial charge in [0, 0.05) is 11.6 Å². The summed E-state index contributed by atoms with van der Waals surface area (Å²) in [5.74, 6) is -1.68. The minimum Gasteiger partial charge on any atom is -0.504 e. The van der Waals surface area contributed by atoms with Gasteiger partial charge in [0.1, 0.15) is 0 Å². The van der Waals surface area contributed by atoms with Crippen LogP contribution in [0, 0.1) is 0 Å². The van der Waals surface area contributed by atoms with E-state index in [4.69, 9.17) is 21.1 Å². The van der Waals surface area contributed by atoms with E-state index in [1.165, 1.54) is 43.5 Å². The van der Waals surface area contributed by atoms with Crippen molar-refractivity contribution in [3.05, 3.63) is 94.5 Å². The smallest absolute Gasteiger partial charge is 0.416 e. The number of halogens is 4. The minimum atomic E-state index is -4.64. The molecule has 6 nitrogen and oxygen atoms in total. The van der Waals surface area contributed by atoms with Gasteiger partial charge in [-0.25, -0.2) is 4.79 Å². The predicted molar refractivity (Wildman–Crippen MR) is 124 cm³/mol. The van der Waals surface area contributed by atoms with Crippen LogP contribution in [-0.2, 0) is 20.5 Å². The standard InChI is InChI=1S/C25H19ClF3NO5/c1-34-21-13-15(7-11-20(21)31)8-12-22(32)35-23(16-5-3-2-4-6-16)24(33)30-19-14-17(25(27,28)29)9-10-18(19)26/h2-14,23,31H,1H3,(H,30,33)/b12-8+. The molecule has 10 heteroatoms. The van der Waals surface area contributed by atoms with Crippen molar-refractivity contribution in [3.8, 4) is 11.5 Å². The van der Waals surface area contributed by atoms with Crippen LogP contribution in [0.2, 0.25) is 5.02 Å². The zero-order valence-corrected chi connectivity index (χ0v) is 18.9. The molecule has 0 aromatic heterocycles. The maximum Gasteiger partial charge on any atom is 0.416 e. The van der Waals surface area contributed by atoms with Crippen molar-refractivity contribution in [1.82, 2.24) is 0 Å². The van der Waals surface area contributed by atoms with Gasteiger partial charge in [0.05, 0.1) is 23.4 Å². The molecule has 3 rings (SSSR count). The van der Waals surface area contributed by atoms with Crippen LogP contribution in [0.3, 0.4) is 0 Å². The van der Waals surface area contributed by atoms with Gasteiger partial charge >= 0.3 is 12.1 Å². The summed E-state index contributed by atoms with van der Waals surface area (Å²) in [5.41, 5.74) is -0.484. The molecule has 0 saturated heterocycles. The van der Waals surface area contributed by atoms with Gasteiger partial charge in [0.2, 0.25) is 6.10 Å². The van der Waals surface area contributed by atoms with E-state index in [9.17, 15) is 27.9 Å². The van der Waals surface area contributed by atoms with E-state index >= 15 is 0 Å². The molecule has 0 aliphatic heterocycles. The van der Waals surface area contributed by atoms with Gasteiger partial charge in [0.15, 0.2) is 11.5 Å². The van der Waals surface area contributed by atoms with Crippen molar-refractivity contribution in [1.29, 1.82) is 0 Å². The number of phenolic OH excluding ortho intramolecular Hbond substituents is 1. The zero-order valence-electron chi connectivity index (χ0n) is 18.2. The van der Waals surface area contributed by atoms with Crippen molar-refractivity contribution in [2.24, 2.45) is 0 Å². The molecule has 0 radical (unpaired) electrons. The summed E-state index contributed by atoms with van der Waals surface area (Å²) < 4.78 is 49.6. The molecule has 1 unspecified atom stereocenters. The van der Waals surface area contributed by atoms with Crippen LogP contribution in [0.5, 0.6) is 11.5 Å². The minimum absolute atomic E-state index is 0.0821. The Labute approximate surface area is 203 Å². The Kier molecular flexibility index (Phi) is 8.03. The van der Waals surface area contributed by atoms with E-state index in [0.29, 0.717) is 17.2 Å². The van der Waals surface area contributed by atoms with E-state index in [2.05, 4.69) is 5.32 Å². The van der Waals surface area contributed by atoms with Crippen molar-refractivity contribution < 1.29 is 37.3 Å². The number of hydrogen-bond acceptors (Lipinski definition) is 5. The zero-order chi connectivity index (χ0) is 25.6. The summed E-state index contributed by atoms with van der Waals surface area (Å²) in [6.07, 6.45) is -3.68. The second kappa shape index (κ2) is 11.0. The van der Waals surface area contributed by atoms with Crippen molar-refractivity contribution in [2.75, 3.05) is 12.4 Å². The monoisotopic (exact) mass is 505 g/mol. The Morgan fingerprint density at radius 2 is 1.77 bits per heavy atom. The Bertz CT molecular complexity index is 1250. The van der Waals surface area contributed by atoms with E-state index in [1.807, 2.05) is 0 Å². The van der Waals surface area contributed by atoms with Crippen LogP contribution in [0.4, 0.5) is 18.9 Å². The first-order chi connectivity index (χ1) is 16.6. The lowest BCUT2D eigenvalue weighted by atomic mass is 10.1. The number of alkyl halides is 3. The Morgan fingerprint density at radius 3 is 2.43 bits per heavy atom. The average molecular weight is 506 g/mol. The highest BCUT2D eigenvalue weighted by Crippen LogP contribution is 2.34. The van der Waals surface area contributed by atoms with Crippen molar-refractivity contribution in [2.45, 2.75) is 12.3 Å². The number of benzene rings is 3. The molecule has 0 bridgehead atoms. The summed E-state index contributed by atoms with van der Waals surface area (Å²) in [5, 5.41) is 11.8. The molecule has 35 heavy (non-hydrogen) atoms. The Hall–Kier alpha value is -3.98. The van der Waals surface area contributed by atoms with Crippen LogP contribution in [0.1, 0.15) is 22.8 Å². The molecule has 0 spiro atoms. The largest absolute Gasteiger partial charge is 0.504 e. The molecule has 0 aliphatic rings. The summed E-state index contributed by atoms with van der Waals surface area (Å²) in [6, 6.07) is 14.8. The first kappa shape index (κ1) is 25.6. The normalized spacial score (nSPS) is 12.3. The number of esters is 1. The van der Waals surface area contributed by atoms with Crippen LogP contribution < -0.4 is 10.1 Å². The highest BCUT2D eigenvalue weighted by atomic mass is 35.5. The number of amides is 1. The molecular formula is C25H19ClF3NO5. The number of hydrogen-bond donors (Lipinski definition) is 2. The molecule has 2 N–H and O–H groups in total.